The van der Waals surface area contributed by atoms with Crippen molar-refractivity contribution in [3.05, 3.63) is 15.8 Å². The lowest BCUT2D eigenvalue weighted by Crippen LogP contribution is -2.38. The summed E-state index contributed by atoms with van der Waals surface area (Å²) in [5.74, 6) is 0.704. The van der Waals surface area contributed by atoms with Gasteiger partial charge in [0.15, 0.2) is 0 Å². The molecule has 2 heterocycles. The molecular formula is C12H19N5O3. The fourth-order valence-electron chi connectivity index (χ4n) is 2.51. The molecule has 1 aliphatic heterocycles. The van der Waals surface area contributed by atoms with Gasteiger partial charge in [0, 0.05) is 20.7 Å². The van der Waals surface area contributed by atoms with Gasteiger partial charge in [0.1, 0.15) is 5.69 Å². The van der Waals surface area contributed by atoms with Crippen LogP contribution in [0.25, 0.3) is 0 Å². The first-order valence-electron chi connectivity index (χ1n) is 6.51. The van der Waals surface area contributed by atoms with Crippen LogP contribution in [0.3, 0.4) is 0 Å². The molecule has 2 rings (SSSR count). The standard InChI is InChI=1S/C12H19N5O3/c1-7-10(17(18)19)11(15-12(13-3)14-7)16(4)9-5-6-20-8(9)2/h8-9H,5-6H2,1-4H3,(H,13,14,15). The van der Waals surface area contributed by atoms with Crippen LogP contribution in [-0.4, -0.2) is 47.7 Å². The summed E-state index contributed by atoms with van der Waals surface area (Å²) in [5, 5.41) is 14.1. The third kappa shape index (κ3) is 2.51. The second-order valence-electron chi connectivity index (χ2n) is 4.85. The van der Waals surface area contributed by atoms with E-state index in [2.05, 4.69) is 15.3 Å². The Balaban J connectivity index is 2.47. The smallest absolute Gasteiger partial charge is 0.332 e. The molecule has 1 aromatic heterocycles. The summed E-state index contributed by atoms with van der Waals surface area (Å²) >= 11 is 0. The second kappa shape index (κ2) is 5.58. The lowest BCUT2D eigenvalue weighted by atomic mass is 10.1. The van der Waals surface area contributed by atoms with E-state index in [0.717, 1.165) is 6.42 Å². The summed E-state index contributed by atoms with van der Waals surface area (Å²) in [5.41, 5.74) is 0.299. The van der Waals surface area contributed by atoms with Gasteiger partial charge in [0.05, 0.1) is 17.1 Å². The van der Waals surface area contributed by atoms with Crippen molar-refractivity contribution >= 4 is 17.5 Å². The number of nitro groups is 1. The predicted octanol–water partition coefficient (Wildman–Crippen LogP) is 1.35. The number of anilines is 2. The van der Waals surface area contributed by atoms with Gasteiger partial charge in [-0.15, -0.1) is 0 Å². The van der Waals surface area contributed by atoms with E-state index in [1.807, 2.05) is 18.9 Å². The van der Waals surface area contributed by atoms with Gasteiger partial charge in [0.2, 0.25) is 11.8 Å². The molecule has 2 unspecified atom stereocenters. The molecule has 110 valence electrons. The summed E-state index contributed by atoms with van der Waals surface area (Å²) in [6.07, 6.45) is 0.847. The SMILES string of the molecule is CNc1nc(C)c([N+](=O)[O-])c(N(C)C2CCOC2C)n1. The van der Waals surface area contributed by atoms with E-state index in [9.17, 15) is 10.1 Å². The van der Waals surface area contributed by atoms with Crippen LogP contribution >= 0.6 is 0 Å². The highest BCUT2D eigenvalue weighted by Gasteiger charge is 2.33. The highest BCUT2D eigenvalue weighted by atomic mass is 16.6. The maximum atomic E-state index is 11.3. The van der Waals surface area contributed by atoms with Crippen molar-refractivity contribution in [1.29, 1.82) is 0 Å². The lowest BCUT2D eigenvalue weighted by molar-refractivity contribution is -0.385. The minimum atomic E-state index is -0.429. The van der Waals surface area contributed by atoms with Crippen molar-refractivity contribution in [2.75, 3.05) is 30.9 Å². The molecule has 0 bridgehead atoms. The molecule has 1 aliphatic rings. The maximum Gasteiger partial charge on any atom is 0.332 e. The minimum Gasteiger partial charge on any atom is -0.376 e. The molecule has 0 spiro atoms. The van der Waals surface area contributed by atoms with Gasteiger partial charge in [0.25, 0.3) is 0 Å². The molecule has 1 aromatic rings. The number of hydrogen-bond donors (Lipinski definition) is 1. The fourth-order valence-corrected chi connectivity index (χ4v) is 2.51. The zero-order valence-electron chi connectivity index (χ0n) is 12.1. The van der Waals surface area contributed by atoms with Crippen LogP contribution in [0.15, 0.2) is 0 Å². The average molecular weight is 281 g/mol. The van der Waals surface area contributed by atoms with Crippen LogP contribution in [0.2, 0.25) is 0 Å². The molecule has 0 aliphatic carbocycles. The molecule has 1 saturated heterocycles. The first-order valence-corrected chi connectivity index (χ1v) is 6.51. The molecule has 2 atom stereocenters. The highest BCUT2D eigenvalue weighted by Crippen LogP contribution is 2.32. The van der Waals surface area contributed by atoms with Crippen LogP contribution < -0.4 is 10.2 Å². The molecule has 8 heteroatoms. The highest BCUT2D eigenvalue weighted by molar-refractivity contribution is 5.62. The third-order valence-corrected chi connectivity index (χ3v) is 3.61. The van der Waals surface area contributed by atoms with Gasteiger partial charge in [-0.3, -0.25) is 10.1 Å². The van der Waals surface area contributed by atoms with E-state index < -0.39 is 4.92 Å². The van der Waals surface area contributed by atoms with Crippen LogP contribution in [0.4, 0.5) is 17.5 Å². The largest absolute Gasteiger partial charge is 0.376 e. The molecule has 8 nitrogen and oxygen atoms in total. The maximum absolute atomic E-state index is 11.3. The Morgan fingerprint density at radius 3 is 2.70 bits per heavy atom. The Morgan fingerprint density at radius 2 is 2.20 bits per heavy atom. The third-order valence-electron chi connectivity index (χ3n) is 3.61. The zero-order chi connectivity index (χ0) is 14.9. The number of nitrogens with zero attached hydrogens (tertiary/aromatic N) is 4. The van der Waals surface area contributed by atoms with Crippen LogP contribution in [0.1, 0.15) is 19.0 Å². The van der Waals surface area contributed by atoms with Crippen LogP contribution in [-0.2, 0) is 4.74 Å². The van der Waals surface area contributed by atoms with E-state index >= 15 is 0 Å². The molecule has 0 radical (unpaired) electrons. The minimum absolute atomic E-state index is 0.0212. The second-order valence-corrected chi connectivity index (χ2v) is 4.85. The van der Waals surface area contributed by atoms with Gasteiger partial charge in [-0.25, -0.2) is 4.98 Å². The first-order chi connectivity index (χ1) is 9.45. The number of likely N-dealkylation sites (N-methyl/N-ethyl adjacent to an activating group) is 1. The van der Waals surface area contributed by atoms with E-state index in [4.69, 9.17) is 4.74 Å². The average Bonchev–Trinajstić information content (AvgIpc) is 2.82. The van der Waals surface area contributed by atoms with Crippen molar-refractivity contribution in [3.8, 4) is 0 Å². The number of rotatable bonds is 4. The van der Waals surface area contributed by atoms with Crippen molar-refractivity contribution in [2.45, 2.75) is 32.4 Å². The van der Waals surface area contributed by atoms with E-state index in [-0.39, 0.29) is 17.8 Å². The number of hydrogen-bond acceptors (Lipinski definition) is 7. The Bertz CT molecular complexity index is 522. The number of aryl methyl sites for hydroxylation is 1. The van der Waals surface area contributed by atoms with Crippen LogP contribution in [0, 0.1) is 17.0 Å². The molecule has 0 aromatic carbocycles. The van der Waals surface area contributed by atoms with Crippen molar-refractivity contribution in [1.82, 2.24) is 9.97 Å². The first kappa shape index (κ1) is 14.4. The fraction of sp³-hybridized carbons (Fsp3) is 0.667. The van der Waals surface area contributed by atoms with Gasteiger partial charge < -0.3 is 15.0 Å². The predicted molar refractivity (Wildman–Crippen MR) is 75.2 cm³/mol. The molecule has 0 amide bonds. The Morgan fingerprint density at radius 1 is 1.50 bits per heavy atom. The topological polar surface area (TPSA) is 93.4 Å². The van der Waals surface area contributed by atoms with Crippen molar-refractivity contribution in [3.63, 3.8) is 0 Å². The quantitative estimate of drug-likeness (QED) is 0.657. The van der Waals surface area contributed by atoms with Gasteiger partial charge in [-0.05, 0) is 20.3 Å². The van der Waals surface area contributed by atoms with E-state index in [0.29, 0.717) is 24.1 Å². The van der Waals surface area contributed by atoms with E-state index in [1.165, 1.54) is 0 Å². The molecule has 1 fully saturated rings. The summed E-state index contributed by atoms with van der Waals surface area (Å²) in [7, 11) is 3.50. The number of nitrogens with one attached hydrogen (secondary N) is 1. The van der Waals surface area contributed by atoms with Crippen molar-refractivity contribution in [2.24, 2.45) is 0 Å². The Labute approximate surface area is 117 Å². The normalized spacial score (nSPS) is 21.8. The summed E-state index contributed by atoms with van der Waals surface area (Å²) < 4.78 is 5.52. The van der Waals surface area contributed by atoms with Gasteiger partial charge >= 0.3 is 5.69 Å². The number of ether oxygens (including phenoxy) is 1. The molecule has 20 heavy (non-hydrogen) atoms. The Hall–Kier alpha value is -1.96. The Kier molecular flexibility index (Phi) is 4.03. The summed E-state index contributed by atoms with van der Waals surface area (Å²) in [6.45, 7) is 4.24. The number of aromatic nitrogens is 2. The van der Waals surface area contributed by atoms with E-state index in [1.54, 1.807) is 14.0 Å². The summed E-state index contributed by atoms with van der Waals surface area (Å²) in [6, 6.07) is 0.0766. The monoisotopic (exact) mass is 281 g/mol. The molecule has 1 N–H and O–H groups in total. The molecule has 0 saturated carbocycles. The van der Waals surface area contributed by atoms with Gasteiger partial charge in [-0.1, -0.05) is 0 Å². The zero-order valence-corrected chi connectivity index (χ0v) is 12.1. The van der Waals surface area contributed by atoms with Crippen LogP contribution in [0.5, 0.6) is 0 Å². The van der Waals surface area contributed by atoms with Gasteiger partial charge in [-0.2, -0.15) is 4.98 Å². The molecular weight excluding hydrogens is 262 g/mol. The summed E-state index contributed by atoms with van der Waals surface area (Å²) in [4.78, 5) is 21.0. The van der Waals surface area contributed by atoms with Crippen molar-refractivity contribution < 1.29 is 9.66 Å². The lowest BCUT2D eigenvalue weighted by Gasteiger charge is -2.27.